The van der Waals surface area contributed by atoms with E-state index in [0.717, 1.165) is 12.8 Å². The molecule has 17 heavy (non-hydrogen) atoms. The summed E-state index contributed by atoms with van der Waals surface area (Å²) in [5, 5.41) is 7.80. The molecule has 1 aromatic rings. The molecule has 1 aromatic heterocycles. The zero-order valence-corrected chi connectivity index (χ0v) is 10.7. The van der Waals surface area contributed by atoms with Crippen LogP contribution < -0.4 is 10.5 Å². The summed E-state index contributed by atoms with van der Waals surface area (Å²) in [5.74, 6) is 1.18. The smallest absolute Gasteiger partial charge is 0.244 e. The van der Waals surface area contributed by atoms with Crippen LogP contribution in [0.5, 0.6) is 5.88 Å². The van der Waals surface area contributed by atoms with Crippen LogP contribution in [-0.4, -0.2) is 21.3 Å². The number of thiocarbonyl (C=S) groups is 1. The van der Waals surface area contributed by atoms with E-state index in [1.807, 2.05) is 0 Å². The summed E-state index contributed by atoms with van der Waals surface area (Å²) in [6, 6.07) is 1.75. The molecule has 2 unspecified atom stereocenters. The Kier molecular flexibility index (Phi) is 3.89. The fourth-order valence-corrected chi connectivity index (χ4v) is 2.39. The lowest BCUT2D eigenvalue weighted by Crippen LogP contribution is -2.26. The molecule has 0 spiro atoms. The molecular formula is C12H17N3OS. The quantitative estimate of drug-likeness (QED) is 0.833. The van der Waals surface area contributed by atoms with Gasteiger partial charge in [-0.25, -0.2) is 0 Å². The number of hydrogen-bond donors (Lipinski definition) is 1. The van der Waals surface area contributed by atoms with Crippen LogP contribution in [0.1, 0.15) is 38.2 Å². The average Bonchev–Trinajstić information content (AvgIpc) is 2.29. The van der Waals surface area contributed by atoms with Crippen LogP contribution in [-0.2, 0) is 0 Å². The predicted molar refractivity (Wildman–Crippen MR) is 70.0 cm³/mol. The molecule has 2 rings (SSSR count). The molecule has 0 aromatic carbocycles. The Morgan fingerprint density at radius 3 is 3.06 bits per heavy atom. The van der Waals surface area contributed by atoms with Crippen molar-refractivity contribution >= 4 is 17.2 Å². The minimum absolute atomic E-state index is 0.212. The lowest BCUT2D eigenvalue weighted by molar-refractivity contribution is 0.122. The van der Waals surface area contributed by atoms with Crippen molar-refractivity contribution in [3.8, 4) is 5.88 Å². The van der Waals surface area contributed by atoms with Crippen LogP contribution in [0.3, 0.4) is 0 Å². The number of ether oxygens (including phenoxy) is 1. The minimum atomic E-state index is 0.212. The maximum absolute atomic E-state index is 5.88. The van der Waals surface area contributed by atoms with Gasteiger partial charge < -0.3 is 10.5 Å². The van der Waals surface area contributed by atoms with E-state index in [0.29, 0.717) is 22.3 Å². The highest BCUT2D eigenvalue weighted by molar-refractivity contribution is 7.80. The largest absolute Gasteiger partial charge is 0.473 e. The maximum Gasteiger partial charge on any atom is 0.244 e. The van der Waals surface area contributed by atoms with Crippen LogP contribution in [0.15, 0.2) is 12.3 Å². The van der Waals surface area contributed by atoms with Crippen molar-refractivity contribution in [3.05, 3.63) is 17.8 Å². The third-order valence-corrected chi connectivity index (χ3v) is 3.34. The molecule has 1 aliphatic carbocycles. The standard InChI is InChI=1S/C12H17N3OS/c1-8-3-2-4-9(7-8)16-12-10(11(13)17)5-6-14-15-12/h5-6,8-9H,2-4,7H2,1H3,(H2,13,17). The molecule has 4 nitrogen and oxygen atoms in total. The van der Waals surface area contributed by atoms with Crippen molar-refractivity contribution < 1.29 is 4.74 Å². The van der Waals surface area contributed by atoms with Crippen LogP contribution >= 0.6 is 12.2 Å². The Morgan fingerprint density at radius 2 is 2.35 bits per heavy atom. The normalized spacial score (nSPS) is 24.3. The van der Waals surface area contributed by atoms with E-state index in [2.05, 4.69) is 17.1 Å². The molecule has 2 N–H and O–H groups in total. The third-order valence-electron chi connectivity index (χ3n) is 3.12. The molecule has 1 aliphatic rings. The number of nitrogens with zero attached hydrogens (tertiary/aromatic N) is 2. The van der Waals surface area contributed by atoms with Crippen molar-refractivity contribution in [3.63, 3.8) is 0 Å². The van der Waals surface area contributed by atoms with Gasteiger partial charge in [-0.05, 0) is 31.2 Å². The summed E-state index contributed by atoms with van der Waals surface area (Å²) in [5.41, 5.74) is 6.30. The first kappa shape index (κ1) is 12.2. The molecule has 0 aliphatic heterocycles. The minimum Gasteiger partial charge on any atom is -0.473 e. The Morgan fingerprint density at radius 1 is 1.53 bits per heavy atom. The van der Waals surface area contributed by atoms with Gasteiger partial charge in [0, 0.05) is 0 Å². The van der Waals surface area contributed by atoms with Gasteiger partial charge in [0.1, 0.15) is 11.1 Å². The number of rotatable bonds is 3. The highest BCUT2D eigenvalue weighted by atomic mass is 32.1. The number of nitrogens with two attached hydrogens (primary N) is 1. The molecule has 0 amide bonds. The SMILES string of the molecule is CC1CCCC(Oc2nnccc2C(N)=S)C1. The molecule has 1 saturated carbocycles. The molecular weight excluding hydrogens is 234 g/mol. The second-order valence-electron chi connectivity index (χ2n) is 4.63. The van der Waals surface area contributed by atoms with Gasteiger partial charge in [0.2, 0.25) is 5.88 Å². The Balaban J connectivity index is 2.10. The molecule has 5 heteroatoms. The lowest BCUT2D eigenvalue weighted by Gasteiger charge is -2.27. The van der Waals surface area contributed by atoms with Gasteiger partial charge in [0.25, 0.3) is 0 Å². The third kappa shape index (κ3) is 3.12. The van der Waals surface area contributed by atoms with E-state index < -0.39 is 0 Å². The fraction of sp³-hybridized carbons (Fsp3) is 0.583. The van der Waals surface area contributed by atoms with Gasteiger partial charge in [-0.1, -0.05) is 25.6 Å². The molecule has 0 saturated heterocycles. The van der Waals surface area contributed by atoms with Gasteiger partial charge in [-0.3, -0.25) is 0 Å². The van der Waals surface area contributed by atoms with Crippen molar-refractivity contribution in [2.75, 3.05) is 0 Å². The van der Waals surface area contributed by atoms with Crippen LogP contribution in [0.2, 0.25) is 0 Å². The average molecular weight is 251 g/mol. The highest BCUT2D eigenvalue weighted by Crippen LogP contribution is 2.27. The topological polar surface area (TPSA) is 61.0 Å². The molecule has 1 heterocycles. The second-order valence-corrected chi connectivity index (χ2v) is 5.07. The van der Waals surface area contributed by atoms with Crippen LogP contribution in [0, 0.1) is 5.92 Å². The summed E-state index contributed by atoms with van der Waals surface area (Å²) in [4.78, 5) is 0.304. The summed E-state index contributed by atoms with van der Waals surface area (Å²) in [6.45, 7) is 2.25. The van der Waals surface area contributed by atoms with Crippen LogP contribution in [0.4, 0.5) is 0 Å². The summed E-state index contributed by atoms with van der Waals surface area (Å²) >= 11 is 4.97. The van der Waals surface area contributed by atoms with Crippen molar-refractivity contribution in [2.45, 2.75) is 38.7 Å². The molecule has 2 atom stereocenters. The molecule has 92 valence electrons. The van der Waals surface area contributed by atoms with Gasteiger partial charge >= 0.3 is 0 Å². The molecule has 0 radical (unpaired) electrons. The number of hydrogen-bond acceptors (Lipinski definition) is 4. The van der Waals surface area contributed by atoms with Crippen LogP contribution in [0.25, 0.3) is 0 Å². The first-order chi connectivity index (χ1) is 8.16. The van der Waals surface area contributed by atoms with E-state index in [-0.39, 0.29) is 6.10 Å². The van der Waals surface area contributed by atoms with Crippen molar-refractivity contribution in [1.82, 2.24) is 10.2 Å². The van der Waals surface area contributed by atoms with E-state index in [9.17, 15) is 0 Å². The second kappa shape index (κ2) is 5.40. The first-order valence-electron chi connectivity index (χ1n) is 5.95. The van der Waals surface area contributed by atoms with Gasteiger partial charge in [-0.15, -0.1) is 5.10 Å². The summed E-state index contributed by atoms with van der Waals surface area (Å²) in [6.07, 6.45) is 6.40. The van der Waals surface area contributed by atoms with Gasteiger partial charge in [-0.2, -0.15) is 5.10 Å². The van der Waals surface area contributed by atoms with E-state index in [1.165, 1.54) is 12.8 Å². The number of aromatic nitrogens is 2. The monoisotopic (exact) mass is 251 g/mol. The zero-order valence-electron chi connectivity index (χ0n) is 9.93. The Bertz CT molecular complexity index is 410. The molecule has 1 fully saturated rings. The zero-order chi connectivity index (χ0) is 12.3. The van der Waals surface area contributed by atoms with Crippen molar-refractivity contribution in [1.29, 1.82) is 0 Å². The summed E-state index contributed by atoms with van der Waals surface area (Å²) in [7, 11) is 0. The van der Waals surface area contributed by atoms with E-state index in [4.69, 9.17) is 22.7 Å². The fourth-order valence-electron chi connectivity index (χ4n) is 2.24. The van der Waals surface area contributed by atoms with Gasteiger partial charge in [0.15, 0.2) is 0 Å². The van der Waals surface area contributed by atoms with Crippen molar-refractivity contribution in [2.24, 2.45) is 11.7 Å². The highest BCUT2D eigenvalue weighted by Gasteiger charge is 2.22. The maximum atomic E-state index is 5.88. The van der Waals surface area contributed by atoms with E-state index >= 15 is 0 Å². The first-order valence-corrected chi connectivity index (χ1v) is 6.36. The Labute approximate surface area is 107 Å². The summed E-state index contributed by atoms with van der Waals surface area (Å²) < 4.78 is 5.88. The predicted octanol–water partition coefficient (Wildman–Crippen LogP) is 2.07. The van der Waals surface area contributed by atoms with E-state index in [1.54, 1.807) is 12.3 Å². The van der Waals surface area contributed by atoms with Gasteiger partial charge in [0.05, 0.1) is 11.8 Å². The molecule has 0 bridgehead atoms. The Hall–Kier alpha value is -1.23. The lowest BCUT2D eigenvalue weighted by atomic mass is 9.89.